The van der Waals surface area contributed by atoms with Crippen molar-refractivity contribution in [2.45, 2.75) is 33.5 Å². The van der Waals surface area contributed by atoms with Gasteiger partial charge < -0.3 is 14.2 Å². The van der Waals surface area contributed by atoms with Crippen LogP contribution in [0.1, 0.15) is 28.7 Å². The second-order valence-electron chi connectivity index (χ2n) is 8.29. The van der Waals surface area contributed by atoms with Gasteiger partial charge in [0.15, 0.2) is 0 Å². The molecule has 0 unspecified atom stereocenters. The van der Waals surface area contributed by atoms with Gasteiger partial charge >= 0.3 is 0 Å². The summed E-state index contributed by atoms with van der Waals surface area (Å²) in [5.41, 5.74) is 6.61. The van der Waals surface area contributed by atoms with Gasteiger partial charge in [-0.25, -0.2) is 8.42 Å². The SMILES string of the molecule is COCc1ccc(COc2ccccc2)c(-c2c(C)cc(OCCCS(C)(=O)=O)cc2C)c1. The van der Waals surface area contributed by atoms with Crippen LogP contribution < -0.4 is 9.47 Å². The molecule has 3 aromatic carbocycles. The molecule has 0 saturated heterocycles. The van der Waals surface area contributed by atoms with E-state index in [1.165, 1.54) is 6.26 Å². The molecule has 5 nitrogen and oxygen atoms in total. The molecule has 0 fully saturated rings. The highest BCUT2D eigenvalue weighted by Gasteiger charge is 2.14. The van der Waals surface area contributed by atoms with E-state index in [-0.39, 0.29) is 5.75 Å². The summed E-state index contributed by atoms with van der Waals surface area (Å²) in [6.07, 6.45) is 1.71. The molecule has 0 atom stereocenters. The largest absolute Gasteiger partial charge is 0.494 e. The molecule has 3 rings (SSSR count). The van der Waals surface area contributed by atoms with E-state index in [0.29, 0.717) is 26.2 Å². The Labute approximate surface area is 197 Å². The van der Waals surface area contributed by atoms with E-state index >= 15 is 0 Å². The molecular formula is C27H32O5S. The first-order valence-corrected chi connectivity index (χ1v) is 13.0. The van der Waals surface area contributed by atoms with E-state index < -0.39 is 9.84 Å². The standard InChI is InChI=1S/C27H32O5S/c1-20-15-25(31-13-8-14-33(4,28)29)16-21(2)27(20)26-17-22(18-30-3)11-12-23(26)19-32-24-9-6-5-7-10-24/h5-7,9-12,15-17H,8,13-14,18-19H2,1-4H3. The Morgan fingerprint density at radius 1 is 0.818 bits per heavy atom. The average molecular weight is 469 g/mol. The molecule has 0 aromatic heterocycles. The molecule has 0 amide bonds. The van der Waals surface area contributed by atoms with E-state index in [1.54, 1.807) is 7.11 Å². The first kappa shape index (κ1) is 24.8. The summed E-state index contributed by atoms with van der Waals surface area (Å²) in [6.45, 7) is 5.49. The van der Waals surface area contributed by atoms with Gasteiger partial charge in [0.25, 0.3) is 0 Å². The zero-order valence-electron chi connectivity index (χ0n) is 19.8. The fourth-order valence-corrected chi connectivity index (χ4v) is 4.50. The minimum atomic E-state index is -2.98. The van der Waals surface area contributed by atoms with Crippen LogP contribution in [0.4, 0.5) is 0 Å². The number of para-hydroxylation sites is 1. The fourth-order valence-electron chi connectivity index (χ4n) is 3.86. The van der Waals surface area contributed by atoms with Crippen molar-refractivity contribution >= 4 is 9.84 Å². The zero-order chi connectivity index (χ0) is 23.8. The van der Waals surface area contributed by atoms with Gasteiger partial charge in [0.05, 0.1) is 19.0 Å². The summed E-state index contributed by atoms with van der Waals surface area (Å²) in [6, 6.07) is 20.1. The van der Waals surface area contributed by atoms with E-state index in [9.17, 15) is 8.42 Å². The van der Waals surface area contributed by atoms with E-state index in [1.807, 2.05) is 42.5 Å². The van der Waals surface area contributed by atoms with Gasteiger partial charge in [-0.2, -0.15) is 0 Å². The summed E-state index contributed by atoms with van der Waals surface area (Å²) in [5, 5.41) is 0. The summed E-state index contributed by atoms with van der Waals surface area (Å²) in [4.78, 5) is 0. The first-order chi connectivity index (χ1) is 15.8. The molecule has 0 heterocycles. The van der Waals surface area contributed by atoms with Crippen molar-refractivity contribution in [2.75, 3.05) is 25.7 Å². The molecule has 176 valence electrons. The highest BCUT2D eigenvalue weighted by molar-refractivity contribution is 7.90. The number of hydrogen-bond acceptors (Lipinski definition) is 5. The monoisotopic (exact) mass is 468 g/mol. The van der Waals surface area contributed by atoms with Crippen LogP contribution in [0.25, 0.3) is 11.1 Å². The quantitative estimate of drug-likeness (QED) is 0.347. The van der Waals surface area contributed by atoms with Crippen molar-refractivity contribution in [2.24, 2.45) is 0 Å². The van der Waals surface area contributed by atoms with E-state index in [0.717, 1.165) is 44.9 Å². The summed E-state index contributed by atoms with van der Waals surface area (Å²) >= 11 is 0. The lowest BCUT2D eigenvalue weighted by atomic mass is 9.91. The average Bonchev–Trinajstić information content (AvgIpc) is 2.76. The van der Waals surface area contributed by atoms with E-state index in [4.69, 9.17) is 14.2 Å². The highest BCUT2D eigenvalue weighted by atomic mass is 32.2. The smallest absolute Gasteiger partial charge is 0.147 e. The number of sulfone groups is 1. The maximum absolute atomic E-state index is 11.3. The van der Waals surface area contributed by atoms with Crippen molar-refractivity contribution < 1.29 is 22.6 Å². The summed E-state index contributed by atoms with van der Waals surface area (Å²) < 4.78 is 39.9. The number of ether oxygens (including phenoxy) is 3. The number of aryl methyl sites for hydroxylation is 2. The molecule has 0 spiro atoms. The maximum Gasteiger partial charge on any atom is 0.147 e. The first-order valence-electron chi connectivity index (χ1n) is 11.0. The molecule has 6 heteroatoms. The Bertz CT molecular complexity index is 1150. The topological polar surface area (TPSA) is 61.8 Å². The van der Waals surface area contributed by atoms with Gasteiger partial charge in [-0.3, -0.25) is 0 Å². The zero-order valence-corrected chi connectivity index (χ0v) is 20.6. The van der Waals surface area contributed by atoms with Crippen LogP contribution in [0.15, 0.2) is 60.7 Å². The predicted octanol–water partition coefficient (Wildman–Crippen LogP) is 5.51. The van der Waals surface area contributed by atoms with Crippen LogP contribution in [0.5, 0.6) is 11.5 Å². The molecule has 0 aliphatic carbocycles. The second-order valence-corrected chi connectivity index (χ2v) is 10.5. The third-order valence-electron chi connectivity index (χ3n) is 5.33. The number of methoxy groups -OCH3 is 1. The molecule has 33 heavy (non-hydrogen) atoms. The Kier molecular flexibility index (Phi) is 8.53. The van der Waals surface area contributed by atoms with Crippen LogP contribution in [-0.4, -0.2) is 34.1 Å². The molecule has 0 aliphatic heterocycles. The minimum Gasteiger partial charge on any atom is -0.494 e. The number of hydrogen-bond donors (Lipinski definition) is 0. The normalized spacial score (nSPS) is 11.4. The van der Waals surface area contributed by atoms with Gasteiger partial charge in [-0.15, -0.1) is 0 Å². The van der Waals surface area contributed by atoms with Gasteiger partial charge in [-0.05, 0) is 84.0 Å². The van der Waals surface area contributed by atoms with Crippen LogP contribution in [0, 0.1) is 13.8 Å². The lowest BCUT2D eigenvalue weighted by Crippen LogP contribution is -2.08. The maximum atomic E-state index is 11.3. The van der Waals surface area contributed by atoms with Crippen LogP contribution in [-0.2, 0) is 27.8 Å². The Morgan fingerprint density at radius 3 is 2.15 bits per heavy atom. The van der Waals surface area contributed by atoms with Crippen LogP contribution in [0.2, 0.25) is 0 Å². The van der Waals surface area contributed by atoms with Crippen LogP contribution >= 0.6 is 0 Å². The van der Waals surface area contributed by atoms with Gasteiger partial charge in [0.1, 0.15) is 27.9 Å². The molecule has 0 saturated carbocycles. The molecule has 0 aliphatic rings. The predicted molar refractivity (Wildman–Crippen MR) is 133 cm³/mol. The lowest BCUT2D eigenvalue weighted by molar-refractivity contribution is 0.185. The second kappa shape index (κ2) is 11.3. The summed E-state index contributed by atoms with van der Waals surface area (Å²) in [7, 11) is -1.29. The van der Waals surface area contributed by atoms with Gasteiger partial charge in [0.2, 0.25) is 0 Å². The molecule has 0 radical (unpaired) electrons. The summed E-state index contributed by atoms with van der Waals surface area (Å²) in [5.74, 6) is 1.70. The number of rotatable bonds is 11. The fraction of sp³-hybridized carbons (Fsp3) is 0.333. The Balaban J connectivity index is 1.87. The van der Waals surface area contributed by atoms with Crippen molar-refractivity contribution in [1.29, 1.82) is 0 Å². The van der Waals surface area contributed by atoms with Crippen molar-refractivity contribution in [3.8, 4) is 22.6 Å². The minimum absolute atomic E-state index is 0.125. The molecule has 3 aromatic rings. The van der Waals surface area contributed by atoms with Crippen molar-refractivity contribution in [1.82, 2.24) is 0 Å². The van der Waals surface area contributed by atoms with Crippen LogP contribution in [0.3, 0.4) is 0 Å². The van der Waals surface area contributed by atoms with Gasteiger partial charge in [-0.1, -0.05) is 30.3 Å². The molecule has 0 bridgehead atoms. The Hall–Kier alpha value is -2.83. The third-order valence-corrected chi connectivity index (χ3v) is 6.36. The number of benzene rings is 3. The molecular weight excluding hydrogens is 436 g/mol. The van der Waals surface area contributed by atoms with Crippen molar-refractivity contribution in [3.63, 3.8) is 0 Å². The third kappa shape index (κ3) is 7.34. The lowest BCUT2D eigenvalue weighted by Gasteiger charge is -2.18. The van der Waals surface area contributed by atoms with Gasteiger partial charge in [0, 0.05) is 13.4 Å². The van der Waals surface area contributed by atoms with Crippen molar-refractivity contribution in [3.05, 3.63) is 82.9 Å². The Morgan fingerprint density at radius 2 is 1.52 bits per heavy atom. The highest BCUT2D eigenvalue weighted by Crippen LogP contribution is 2.34. The molecule has 0 N–H and O–H groups in total. The van der Waals surface area contributed by atoms with E-state index in [2.05, 4.69) is 32.0 Å².